The summed E-state index contributed by atoms with van der Waals surface area (Å²) in [6.07, 6.45) is 0. The molecule has 0 amide bonds. The number of nitrogens with zero attached hydrogens (tertiary/aromatic N) is 1. The third kappa shape index (κ3) is 1.05. The molecule has 64 valence electrons. The molecule has 0 aliphatic carbocycles. The Bertz CT molecular complexity index is 290. The van der Waals surface area contributed by atoms with Gasteiger partial charge < -0.3 is 4.57 Å². The second-order valence-electron chi connectivity index (χ2n) is 3.30. The number of halogens is 1. The standard InChI is InChI=1S/C9H12FNSi/c1-7-6-11(12-10)9-5-3-2-4-8(7)9/h2-5,7H,6,12H2,1H3. The van der Waals surface area contributed by atoms with Crippen molar-refractivity contribution in [2.45, 2.75) is 12.8 Å². The molecule has 0 radical (unpaired) electrons. The maximum Gasteiger partial charge on any atom is 0.318 e. The van der Waals surface area contributed by atoms with Crippen molar-refractivity contribution in [1.82, 2.24) is 0 Å². The smallest absolute Gasteiger partial charge is 0.318 e. The lowest BCUT2D eigenvalue weighted by molar-refractivity contribution is 0.790. The molecule has 1 atom stereocenters. The Hall–Kier alpha value is -0.833. The number of fused-ring (bicyclic) bond motifs is 1. The first kappa shape index (κ1) is 7.80. The quantitative estimate of drug-likeness (QED) is 0.469. The molecule has 2 rings (SSSR count). The Morgan fingerprint density at radius 2 is 2.25 bits per heavy atom. The Balaban J connectivity index is 2.43. The van der Waals surface area contributed by atoms with Crippen LogP contribution < -0.4 is 4.57 Å². The molecule has 1 heterocycles. The third-order valence-corrected chi connectivity index (χ3v) is 3.33. The molecule has 0 fully saturated rings. The number of benzene rings is 1. The number of rotatable bonds is 1. The lowest BCUT2D eigenvalue weighted by atomic mass is 10.0. The summed E-state index contributed by atoms with van der Waals surface area (Å²) < 4.78 is 14.5. The summed E-state index contributed by atoms with van der Waals surface area (Å²) >= 11 is 0. The van der Waals surface area contributed by atoms with E-state index in [9.17, 15) is 4.11 Å². The van der Waals surface area contributed by atoms with Crippen LogP contribution in [-0.2, 0) is 0 Å². The van der Waals surface area contributed by atoms with Crippen molar-refractivity contribution in [1.29, 1.82) is 0 Å². The van der Waals surface area contributed by atoms with Gasteiger partial charge in [-0.05, 0) is 17.5 Å². The van der Waals surface area contributed by atoms with E-state index in [4.69, 9.17) is 0 Å². The molecule has 0 saturated carbocycles. The Kier molecular flexibility index (Phi) is 1.88. The molecular weight excluding hydrogens is 169 g/mol. The number of hydrogen-bond acceptors (Lipinski definition) is 1. The third-order valence-electron chi connectivity index (χ3n) is 2.45. The number of anilines is 1. The largest absolute Gasteiger partial charge is 0.377 e. The minimum absolute atomic E-state index is 0.504. The van der Waals surface area contributed by atoms with E-state index in [1.165, 1.54) is 5.56 Å². The van der Waals surface area contributed by atoms with Crippen LogP contribution >= 0.6 is 0 Å². The summed E-state index contributed by atoms with van der Waals surface area (Å²) in [5, 5.41) is 0. The summed E-state index contributed by atoms with van der Waals surface area (Å²) in [4.78, 5) is 0. The van der Waals surface area contributed by atoms with Crippen molar-refractivity contribution in [3.63, 3.8) is 0 Å². The van der Waals surface area contributed by atoms with Gasteiger partial charge in [0.25, 0.3) is 0 Å². The van der Waals surface area contributed by atoms with Gasteiger partial charge in [0.1, 0.15) is 0 Å². The van der Waals surface area contributed by atoms with Crippen LogP contribution in [0, 0.1) is 0 Å². The fraction of sp³-hybridized carbons (Fsp3) is 0.333. The maximum atomic E-state index is 12.6. The molecule has 12 heavy (non-hydrogen) atoms. The van der Waals surface area contributed by atoms with Crippen LogP contribution in [0.2, 0.25) is 0 Å². The molecule has 1 unspecified atom stereocenters. The fourth-order valence-corrected chi connectivity index (χ4v) is 2.73. The van der Waals surface area contributed by atoms with Gasteiger partial charge >= 0.3 is 10.0 Å². The van der Waals surface area contributed by atoms with Gasteiger partial charge in [-0.15, -0.1) is 0 Å². The van der Waals surface area contributed by atoms with Crippen LogP contribution in [0.25, 0.3) is 0 Å². The van der Waals surface area contributed by atoms with Crippen LogP contribution in [0.5, 0.6) is 0 Å². The van der Waals surface area contributed by atoms with E-state index in [0.29, 0.717) is 5.92 Å². The monoisotopic (exact) mass is 181 g/mol. The second kappa shape index (κ2) is 2.90. The van der Waals surface area contributed by atoms with E-state index in [-0.39, 0.29) is 0 Å². The van der Waals surface area contributed by atoms with Crippen LogP contribution in [0.3, 0.4) is 0 Å². The predicted octanol–water partition coefficient (Wildman–Crippen LogP) is 1.58. The molecule has 0 bridgehead atoms. The van der Waals surface area contributed by atoms with Crippen molar-refractivity contribution in [2.24, 2.45) is 0 Å². The topological polar surface area (TPSA) is 3.24 Å². The van der Waals surface area contributed by atoms with Gasteiger partial charge in [0.05, 0.1) is 0 Å². The summed E-state index contributed by atoms with van der Waals surface area (Å²) in [6, 6.07) is 8.13. The van der Waals surface area contributed by atoms with Crippen molar-refractivity contribution in [3.05, 3.63) is 29.8 Å². The highest BCUT2D eigenvalue weighted by Crippen LogP contribution is 2.34. The molecule has 0 aromatic heterocycles. The van der Waals surface area contributed by atoms with E-state index in [2.05, 4.69) is 13.0 Å². The SMILES string of the molecule is CC1CN([SiH2]F)c2ccccc21. The number of para-hydroxylation sites is 1. The van der Waals surface area contributed by atoms with Crippen LogP contribution in [0.15, 0.2) is 24.3 Å². The summed E-state index contributed by atoms with van der Waals surface area (Å²) in [5.41, 5.74) is 2.43. The van der Waals surface area contributed by atoms with Crippen LogP contribution in [-0.4, -0.2) is 16.6 Å². The Labute approximate surface area is 74.3 Å². The minimum atomic E-state index is -1.52. The molecule has 0 spiro atoms. The minimum Gasteiger partial charge on any atom is -0.377 e. The van der Waals surface area contributed by atoms with Crippen LogP contribution in [0.4, 0.5) is 9.80 Å². The predicted molar refractivity (Wildman–Crippen MR) is 51.9 cm³/mol. The van der Waals surface area contributed by atoms with Crippen molar-refractivity contribution in [3.8, 4) is 0 Å². The zero-order valence-corrected chi connectivity index (χ0v) is 8.54. The molecule has 3 heteroatoms. The van der Waals surface area contributed by atoms with E-state index in [1.807, 2.05) is 22.8 Å². The summed E-state index contributed by atoms with van der Waals surface area (Å²) in [6.45, 7) is 3.03. The molecule has 1 aromatic carbocycles. The van der Waals surface area contributed by atoms with Crippen molar-refractivity contribution >= 4 is 15.7 Å². The first-order valence-electron chi connectivity index (χ1n) is 4.22. The van der Waals surface area contributed by atoms with Gasteiger partial charge in [-0.1, -0.05) is 25.1 Å². The molecule has 1 aliphatic rings. The van der Waals surface area contributed by atoms with Crippen molar-refractivity contribution in [2.75, 3.05) is 11.1 Å². The highest BCUT2D eigenvalue weighted by molar-refractivity contribution is 6.33. The zero-order valence-electron chi connectivity index (χ0n) is 7.13. The normalized spacial score (nSPS) is 22.2. The summed E-state index contributed by atoms with van der Waals surface area (Å²) in [7, 11) is -1.52. The molecule has 1 aromatic rings. The molecule has 1 aliphatic heterocycles. The van der Waals surface area contributed by atoms with Gasteiger partial charge in [0.2, 0.25) is 0 Å². The lowest BCUT2D eigenvalue weighted by Gasteiger charge is -2.13. The van der Waals surface area contributed by atoms with E-state index < -0.39 is 10.0 Å². The van der Waals surface area contributed by atoms with Crippen LogP contribution in [0.1, 0.15) is 18.4 Å². The van der Waals surface area contributed by atoms with E-state index in [1.54, 1.807) is 0 Å². The van der Waals surface area contributed by atoms with E-state index in [0.717, 1.165) is 12.2 Å². The fourth-order valence-electron chi connectivity index (χ4n) is 1.83. The molecule has 0 N–H and O–H groups in total. The van der Waals surface area contributed by atoms with Crippen molar-refractivity contribution < 1.29 is 4.11 Å². The number of hydrogen-bond donors (Lipinski definition) is 0. The molecular formula is C9H12FNSi. The molecule has 0 saturated heterocycles. The highest BCUT2D eigenvalue weighted by atomic mass is 28.3. The lowest BCUT2D eigenvalue weighted by Crippen LogP contribution is -2.22. The molecule has 1 nitrogen and oxygen atoms in total. The van der Waals surface area contributed by atoms with Gasteiger partial charge in [0.15, 0.2) is 0 Å². The first-order valence-corrected chi connectivity index (χ1v) is 5.39. The first-order chi connectivity index (χ1) is 5.83. The summed E-state index contributed by atoms with van der Waals surface area (Å²) in [5.74, 6) is 0.504. The average Bonchev–Trinajstić information content (AvgIpc) is 2.44. The Morgan fingerprint density at radius 3 is 3.00 bits per heavy atom. The van der Waals surface area contributed by atoms with Gasteiger partial charge in [0, 0.05) is 12.2 Å². The second-order valence-corrected chi connectivity index (χ2v) is 4.30. The average molecular weight is 181 g/mol. The highest BCUT2D eigenvalue weighted by Gasteiger charge is 2.24. The van der Waals surface area contributed by atoms with Gasteiger partial charge in [-0.3, -0.25) is 4.11 Å². The van der Waals surface area contributed by atoms with Gasteiger partial charge in [-0.2, -0.15) is 0 Å². The van der Waals surface area contributed by atoms with Gasteiger partial charge in [-0.25, -0.2) is 0 Å². The van der Waals surface area contributed by atoms with E-state index >= 15 is 0 Å². The maximum absolute atomic E-state index is 12.6. The zero-order chi connectivity index (χ0) is 8.55. The Morgan fingerprint density at radius 1 is 1.50 bits per heavy atom.